The Kier molecular flexibility index (Phi) is 4.02. The highest BCUT2D eigenvalue weighted by molar-refractivity contribution is 7.88. The number of aromatic nitrogens is 3. The lowest BCUT2D eigenvalue weighted by molar-refractivity contribution is 0.402. The van der Waals surface area contributed by atoms with Crippen LogP contribution in [0.5, 0.6) is 5.88 Å². The third-order valence-corrected chi connectivity index (χ3v) is 6.19. The maximum Gasteiger partial charge on any atom is 0.225 e. The van der Waals surface area contributed by atoms with Gasteiger partial charge in [0, 0.05) is 37.3 Å². The van der Waals surface area contributed by atoms with Gasteiger partial charge in [-0.3, -0.25) is 4.68 Å². The lowest BCUT2D eigenvalue weighted by atomic mass is 10.2. The van der Waals surface area contributed by atoms with Crippen LogP contribution >= 0.6 is 11.5 Å². The van der Waals surface area contributed by atoms with Gasteiger partial charge in [0.25, 0.3) is 0 Å². The van der Waals surface area contributed by atoms with Crippen LogP contribution in [-0.4, -0.2) is 47.1 Å². The molecule has 2 aromatic heterocycles. The molecule has 3 heterocycles. The van der Waals surface area contributed by atoms with Crippen molar-refractivity contribution < 1.29 is 13.2 Å². The van der Waals surface area contributed by atoms with Crippen LogP contribution in [0.1, 0.15) is 10.6 Å². The van der Waals surface area contributed by atoms with E-state index in [0.29, 0.717) is 23.8 Å². The van der Waals surface area contributed by atoms with Gasteiger partial charge in [-0.15, -0.1) is 0 Å². The smallest absolute Gasteiger partial charge is 0.225 e. The van der Waals surface area contributed by atoms with E-state index in [2.05, 4.69) is 9.47 Å². The standard InChI is InChI=1S/C13H16N4O3S2/c1-16-12(3-5-14-16)10-4-6-17(8-10)22(18,19)9-11-7-13(20-2)15-21-11/h3-5,7H,6,8-9H2,1-2H3. The molecular weight excluding hydrogens is 324 g/mol. The summed E-state index contributed by atoms with van der Waals surface area (Å²) < 4.78 is 37.2. The lowest BCUT2D eigenvalue weighted by Crippen LogP contribution is -2.30. The van der Waals surface area contributed by atoms with E-state index >= 15 is 0 Å². The fraction of sp³-hybridized carbons (Fsp3) is 0.385. The predicted octanol–water partition coefficient (Wildman–Crippen LogP) is 1.11. The van der Waals surface area contributed by atoms with Gasteiger partial charge in [0.05, 0.1) is 12.8 Å². The summed E-state index contributed by atoms with van der Waals surface area (Å²) in [6.45, 7) is 0.761. The second-order valence-corrected chi connectivity index (χ2v) is 7.81. The molecule has 0 spiro atoms. The summed E-state index contributed by atoms with van der Waals surface area (Å²) in [5.41, 5.74) is 1.92. The van der Waals surface area contributed by atoms with Crippen molar-refractivity contribution in [2.75, 3.05) is 20.2 Å². The van der Waals surface area contributed by atoms with Gasteiger partial charge in [0.15, 0.2) is 0 Å². The Bertz CT molecular complexity index is 807. The average Bonchev–Trinajstić information content (AvgIpc) is 3.17. The van der Waals surface area contributed by atoms with Crippen LogP contribution in [0.25, 0.3) is 5.57 Å². The van der Waals surface area contributed by atoms with Crippen molar-refractivity contribution >= 4 is 27.1 Å². The van der Waals surface area contributed by atoms with Gasteiger partial charge in [0.1, 0.15) is 5.75 Å². The fourth-order valence-electron chi connectivity index (χ4n) is 2.35. The Morgan fingerprint density at radius 3 is 2.91 bits per heavy atom. The molecule has 0 saturated heterocycles. The summed E-state index contributed by atoms with van der Waals surface area (Å²) in [5, 5.41) is 4.12. The first-order valence-electron chi connectivity index (χ1n) is 6.64. The van der Waals surface area contributed by atoms with Gasteiger partial charge in [0.2, 0.25) is 15.9 Å². The van der Waals surface area contributed by atoms with Crippen molar-refractivity contribution in [1.82, 2.24) is 18.5 Å². The number of rotatable bonds is 5. The average molecular weight is 340 g/mol. The third kappa shape index (κ3) is 2.92. The second kappa shape index (κ2) is 5.82. The zero-order valence-electron chi connectivity index (χ0n) is 12.3. The quantitative estimate of drug-likeness (QED) is 0.815. The predicted molar refractivity (Wildman–Crippen MR) is 84.0 cm³/mol. The number of nitrogens with zero attached hydrogens (tertiary/aromatic N) is 4. The van der Waals surface area contributed by atoms with Crippen molar-refractivity contribution in [3.8, 4) is 5.88 Å². The van der Waals surface area contributed by atoms with E-state index in [1.807, 2.05) is 19.2 Å². The van der Waals surface area contributed by atoms with Gasteiger partial charge in [-0.2, -0.15) is 13.8 Å². The summed E-state index contributed by atoms with van der Waals surface area (Å²) in [6, 6.07) is 3.55. The number of hydrogen-bond acceptors (Lipinski definition) is 6. The van der Waals surface area contributed by atoms with Crippen molar-refractivity contribution in [3.05, 3.63) is 35.0 Å². The lowest BCUT2D eigenvalue weighted by Gasteiger charge is -2.15. The van der Waals surface area contributed by atoms with Crippen LogP contribution in [0, 0.1) is 0 Å². The van der Waals surface area contributed by atoms with Crippen LogP contribution in [0.3, 0.4) is 0 Å². The molecule has 0 fully saturated rings. The molecule has 0 bridgehead atoms. The van der Waals surface area contributed by atoms with E-state index in [1.54, 1.807) is 16.9 Å². The number of sulfonamides is 1. The normalized spacial score (nSPS) is 16.0. The highest BCUT2D eigenvalue weighted by Crippen LogP contribution is 2.25. The molecule has 0 aliphatic carbocycles. The molecule has 7 nitrogen and oxygen atoms in total. The van der Waals surface area contributed by atoms with Crippen LogP contribution in [0.15, 0.2) is 24.4 Å². The summed E-state index contributed by atoms with van der Waals surface area (Å²) >= 11 is 1.15. The number of aryl methyl sites for hydroxylation is 1. The molecule has 0 amide bonds. The monoisotopic (exact) mass is 340 g/mol. The topological polar surface area (TPSA) is 77.3 Å². The molecule has 1 aliphatic rings. The van der Waals surface area contributed by atoms with E-state index in [4.69, 9.17) is 4.74 Å². The summed E-state index contributed by atoms with van der Waals surface area (Å²) in [4.78, 5) is 0.672. The summed E-state index contributed by atoms with van der Waals surface area (Å²) in [5.74, 6) is 0.394. The van der Waals surface area contributed by atoms with E-state index in [9.17, 15) is 8.42 Å². The van der Waals surface area contributed by atoms with Crippen molar-refractivity contribution in [1.29, 1.82) is 0 Å². The van der Waals surface area contributed by atoms with Gasteiger partial charge in [-0.25, -0.2) is 8.42 Å². The molecule has 0 aromatic carbocycles. The van der Waals surface area contributed by atoms with E-state index in [1.165, 1.54) is 11.4 Å². The zero-order chi connectivity index (χ0) is 15.7. The second-order valence-electron chi connectivity index (χ2n) is 4.95. The Hall–Kier alpha value is -1.71. The van der Waals surface area contributed by atoms with Crippen LogP contribution < -0.4 is 4.74 Å². The Morgan fingerprint density at radius 2 is 2.27 bits per heavy atom. The molecule has 0 N–H and O–H groups in total. The fourth-order valence-corrected chi connectivity index (χ4v) is 4.76. The molecule has 0 saturated carbocycles. The molecular formula is C13H16N4O3S2. The van der Waals surface area contributed by atoms with Crippen LogP contribution in [-0.2, 0) is 22.8 Å². The van der Waals surface area contributed by atoms with E-state index < -0.39 is 10.0 Å². The highest BCUT2D eigenvalue weighted by atomic mass is 32.2. The van der Waals surface area contributed by atoms with Gasteiger partial charge >= 0.3 is 0 Å². The SMILES string of the molecule is COc1cc(CS(=O)(=O)N2CC=C(c3ccnn3C)C2)sn1. The van der Waals surface area contributed by atoms with Crippen molar-refractivity contribution in [2.45, 2.75) is 5.75 Å². The Balaban J connectivity index is 1.71. The van der Waals surface area contributed by atoms with E-state index in [0.717, 1.165) is 22.8 Å². The maximum absolute atomic E-state index is 12.5. The molecule has 0 unspecified atom stereocenters. The molecule has 2 aromatic rings. The van der Waals surface area contributed by atoms with E-state index in [-0.39, 0.29) is 5.75 Å². The largest absolute Gasteiger partial charge is 0.480 e. The molecule has 3 rings (SSSR count). The van der Waals surface area contributed by atoms with Crippen molar-refractivity contribution in [3.63, 3.8) is 0 Å². The Morgan fingerprint density at radius 1 is 1.45 bits per heavy atom. The minimum atomic E-state index is -3.38. The summed E-state index contributed by atoms with van der Waals surface area (Å²) in [7, 11) is -0.0224. The number of ether oxygens (including phenoxy) is 1. The minimum absolute atomic E-state index is 0.0550. The van der Waals surface area contributed by atoms with Crippen LogP contribution in [0.4, 0.5) is 0 Å². The van der Waals surface area contributed by atoms with Crippen molar-refractivity contribution in [2.24, 2.45) is 7.05 Å². The van der Waals surface area contributed by atoms with Gasteiger partial charge in [-0.1, -0.05) is 6.08 Å². The number of methoxy groups -OCH3 is 1. The maximum atomic E-state index is 12.5. The zero-order valence-corrected chi connectivity index (χ0v) is 13.9. The molecule has 118 valence electrons. The van der Waals surface area contributed by atoms with Gasteiger partial charge in [-0.05, 0) is 23.2 Å². The third-order valence-electron chi connectivity index (χ3n) is 3.50. The van der Waals surface area contributed by atoms with Crippen LogP contribution in [0.2, 0.25) is 0 Å². The minimum Gasteiger partial charge on any atom is -0.480 e. The van der Waals surface area contributed by atoms with Gasteiger partial charge < -0.3 is 4.74 Å². The number of hydrogen-bond donors (Lipinski definition) is 0. The molecule has 1 aliphatic heterocycles. The molecule has 0 atom stereocenters. The Labute approximate surface area is 133 Å². The first kappa shape index (κ1) is 15.2. The first-order valence-corrected chi connectivity index (χ1v) is 9.02. The molecule has 0 radical (unpaired) electrons. The molecule has 9 heteroatoms. The summed E-state index contributed by atoms with van der Waals surface area (Å²) in [6.07, 6.45) is 3.64. The highest BCUT2D eigenvalue weighted by Gasteiger charge is 2.28. The first-order chi connectivity index (χ1) is 10.5. The molecule has 22 heavy (non-hydrogen) atoms.